The molecule has 1 amide bonds. The van der Waals surface area contributed by atoms with Gasteiger partial charge >= 0.3 is 12.1 Å². The van der Waals surface area contributed by atoms with Gasteiger partial charge in [0.2, 0.25) is 0 Å². The van der Waals surface area contributed by atoms with Gasteiger partial charge in [0, 0.05) is 6.42 Å². The summed E-state index contributed by atoms with van der Waals surface area (Å²) in [5.74, 6) is -0.773. The molecule has 0 spiro atoms. The molecule has 1 saturated heterocycles. The molecule has 0 aromatic carbocycles. The van der Waals surface area contributed by atoms with Crippen molar-refractivity contribution in [1.29, 1.82) is 0 Å². The molecule has 1 aliphatic heterocycles. The van der Waals surface area contributed by atoms with E-state index in [4.69, 9.17) is 9.84 Å². The Morgan fingerprint density at radius 2 is 2.29 bits per heavy atom. The normalized spacial score (nSPS) is 25.6. The summed E-state index contributed by atoms with van der Waals surface area (Å²) in [5.41, 5.74) is 0. The van der Waals surface area contributed by atoms with E-state index >= 15 is 0 Å². The quantitative estimate of drug-likeness (QED) is 0.654. The fourth-order valence-electron chi connectivity index (χ4n) is 1.50. The van der Waals surface area contributed by atoms with Crippen molar-refractivity contribution in [2.45, 2.75) is 44.8 Å². The third-order valence-electron chi connectivity index (χ3n) is 2.32. The minimum atomic E-state index is -0.773. The Labute approximate surface area is 82.4 Å². The molecule has 0 unspecified atom stereocenters. The number of rotatable bonds is 5. The maximum Gasteiger partial charge on any atom is 0.407 e. The van der Waals surface area contributed by atoms with Crippen molar-refractivity contribution in [2.75, 3.05) is 0 Å². The van der Waals surface area contributed by atoms with E-state index in [-0.39, 0.29) is 24.7 Å². The Kier molecular flexibility index (Phi) is 3.73. The summed E-state index contributed by atoms with van der Waals surface area (Å²) >= 11 is 0. The molecule has 14 heavy (non-hydrogen) atoms. The number of unbranched alkanes of at least 4 members (excludes halogenated alkanes) is 1. The summed E-state index contributed by atoms with van der Waals surface area (Å²) in [7, 11) is 0. The van der Waals surface area contributed by atoms with E-state index in [2.05, 4.69) is 5.32 Å². The maximum atomic E-state index is 10.8. The van der Waals surface area contributed by atoms with Gasteiger partial charge < -0.3 is 15.2 Å². The van der Waals surface area contributed by atoms with Crippen LogP contribution in [0.5, 0.6) is 0 Å². The van der Waals surface area contributed by atoms with Gasteiger partial charge in [0.15, 0.2) is 0 Å². The molecule has 1 heterocycles. The minimum Gasteiger partial charge on any atom is -0.481 e. The second-order valence-corrected chi connectivity index (χ2v) is 3.50. The van der Waals surface area contributed by atoms with Crippen molar-refractivity contribution in [3.63, 3.8) is 0 Å². The molecule has 5 nitrogen and oxygen atoms in total. The predicted molar refractivity (Wildman–Crippen MR) is 49.0 cm³/mol. The molecule has 0 aliphatic carbocycles. The average Bonchev–Trinajstić information content (AvgIpc) is 2.39. The number of amides is 1. The lowest BCUT2D eigenvalue weighted by molar-refractivity contribution is -0.137. The van der Waals surface area contributed by atoms with Gasteiger partial charge in [-0.15, -0.1) is 0 Å². The van der Waals surface area contributed by atoms with Crippen LogP contribution in [0.2, 0.25) is 0 Å². The number of nitrogens with one attached hydrogen (secondary N) is 1. The van der Waals surface area contributed by atoms with Crippen LogP contribution in [0.1, 0.15) is 32.6 Å². The number of carbonyl (C=O) groups excluding carboxylic acids is 1. The van der Waals surface area contributed by atoms with Crippen LogP contribution in [0, 0.1) is 0 Å². The van der Waals surface area contributed by atoms with Crippen LogP contribution in [-0.4, -0.2) is 29.3 Å². The molecule has 0 radical (unpaired) electrons. The topological polar surface area (TPSA) is 75.6 Å². The van der Waals surface area contributed by atoms with Gasteiger partial charge in [0.1, 0.15) is 6.10 Å². The molecule has 5 heteroatoms. The highest BCUT2D eigenvalue weighted by molar-refractivity contribution is 5.70. The van der Waals surface area contributed by atoms with Gasteiger partial charge in [-0.25, -0.2) is 4.79 Å². The maximum absolute atomic E-state index is 10.8. The molecule has 1 fully saturated rings. The SMILES string of the molecule is C[C@H]1OC(=O)N[C@H]1CCCCC(=O)O. The highest BCUT2D eigenvalue weighted by atomic mass is 16.6. The fourth-order valence-corrected chi connectivity index (χ4v) is 1.50. The first-order valence-corrected chi connectivity index (χ1v) is 4.78. The summed E-state index contributed by atoms with van der Waals surface area (Å²) in [5, 5.41) is 11.1. The minimum absolute atomic E-state index is 0.0382. The summed E-state index contributed by atoms with van der Waals surface area (Å²) < 4.78 is 4.89. The zero-order valence-corrected chi connectivity index (χ0v) is 8.16. The molecular weight excluding hydrogens is 186 g/mol. The van der Waals surface area contributed by atoms with Gasteiger partial charge in [-0.1, -0.05) is 6.42 Å². The van der Waals surface area contributed by atoms with Gasteiger partial charge in [-0.2, -0.15) is 0 Å². The van der Waals surface area contributed by atoms with E-state index in [0.717, 1.165) is 12.8 Å². The summed E-state index contributed by atoms with van der Waals surface area (Å²) in [6.07, 6.45) is 1.93. The number of cyclic esters (lactones) is 1. The number of carboxylic acids is 1. The first-order chi connectivity index (χ1) is 6.59. The van der Waals surface area contributed by atoms with Gasteiger partial charge in [0.25, 0.3) is 0 Å². The van der Waals surface area contributed by atoms with E-state index in [0.29, 0.717) is 6.42 Å². The van der Waals surface area contributed by atoms with Crippen molar-refractivity contribution >= 4 is 12.1 Å². The van der Waals surface area contributed by atoms with Crippen LogP contribution in [0.4, 0.5) is 4.79 Å². The smallest absolute Gasteiger partial charge is 0.407 e. The summed E-state index contributed by atoms with van der Waals surface area (Å²) in [6, 6.07) is 0.0382. The summed E-state index contributed by atoms with van der Waals surface area (Å²) in [6.45, 7) is 1.83. The van der Waals surface area contributed by atoms with Crippen molar-refractivity contribution < 1.29 is 19.4 Å². The Balaban J connectivity index is 2.12. The molecule has 0 bridgehead atoms. The van der Waals surface area contributed by atoms with E-state index in [1.807, 2.05) is 6.92 Å². The van der Waals surface area contributed by atoms with Crippen LogP contribution in [0.15, 0.2) is 0 Å². The molecule has 1 rings (SSSR count). The van der Waals surface area contributed by atoms with Crippen LogP contribution in [0.3, 0.4) is 0 Å². The largest absolute Gasteiger partial charge is 0.481 e. The molecule has 80 valence electrons. The first kappa shape index (κ1) is 10.8. The first-order valence-electron chi connectivity index (χ1n) is 4.78. The van der Waals surface area contributed by atoms with Crippen LogP contribution < -0.4 is 5.32 Å². The average molecular weight is 201 g/mol. The Morgan fingerprint density at radius 3 is 2.79 bits per heavy atom. The summed E-state index contributed by atoms with van der Waals surface area (Å²) in [4.78, 5) is 21.0. The molecule has 2 N–H and O–H groups in total. The number of alkyl carbamates (subject to hydrolysis) is 1. The number of ether oxygens (including phenoxy) is 1. The lowest BCUT2D eigenvalue weighted by atomic mass is 10.1. The zero-order valence-electron chi connectivity index (χ0n) is 8.16. The Bertz CT molecular complexity index is 229. The van der Waals surface area contributed by atoms with Crippen LogP contribution in [0.25, 0.3) is 0 Å². The van der Waals surface area contributed by atoms with E-state index < -0.39 is 5.97 Å². The standard InChI is InChI=1S/C9H15NO4/c1-6-7(10-9(13)14-6)4-2-3-5-8(11)12/h6-7H,2-5H2,1H3,(H,10,13)(H,11,12)/t6-,7+/m1/s1. The fraction of sp³-hybridized carbons (Fsp3) is 0.778. The number of carbonyl (C=O) groups is 2. The lowest BCUT2D eigenvalue weighted by Crippen LogP contribution is -2.29. The zero-order chi connectivity index (χ0) is 10.6. The molecule has 0 aromatic rings. The second-order valence-electron chi connectivity index (χ2n) is 3.50. The van der Waals surface area contributed by atoms with Crippen molar-refractivity contribution in [3.05, 3.63) is 0 Å². The van der Waals surface area contributed by atoms with Crippen LogP contribution >= 0.6 is 0 Å². The van der Waals surface area contributed by atoms with Crippen LogP contribution in [-0.2, 0) is 9.53 Å². The Morgan fingerprint density at radius 1 is 1.57 bits per heavy atom. The number of hydrogen-bond acceptors (Lipinski definition) is 3. The Hall–Kier alpha value is -1.26. The highest BCUT2D eigenvalue weighted by Crippen LogP contribution is 2.14. The third kappa shape index (κ3) is 3.24. The molecule has 1 aliphatic rings. The third-order valence-corrected chi connectivity index (χ3v) is 2.32. The van der Waals surface area contributed by atoms with Gasteiger partial charge in [-0.05, 0) is 19.8 Å². The molecule has 0 saturated carbocycles. The van der Waals surface area contributed by atoms with Gasteiger partial charge in [0.05, 0.1) is 6.04 Å². The second kappa shape index (κ2) is 4.83. The molecule has 0 aromatic heterocycles. The predicted octanol–water partition coefficient (Wildman–Crippen LogP) is 1.13. The monoisotopic (exact) mass is 201 g/mol. The van der Waals surface area contributed by atoms with Crippen molar-refractivity contribution in [1.82, 2.24) is 5.32 Å². The molecular formula is C9H15NO4. The van der Waals surface area contributed by atoms with Crippen molar-refractivity contribution in [3.8, 4) is 0 Å². The van der Waals surface area contributed by atoms with Crippen molar-refractivity contribution in [2.24, 2.45) is 0 Å². The van der Waals surface area contributed by atoms with E-state index in [1.165, 1.54) is 0 Å². The number of carboxylic acid groups (broad SMARTS) is 1. The molecule has 2 atom stereocenters. The number of hydrogen-bond donors (Lipinski definition) is 2. The number of aliphatic carboxylic acids is 1. The van der Waals surface area contributed by atoms with E-state index in [9.17, 15) is 9.59 Å². The lowest BCUT2D eigenvalue weighted by Gasteiger charge is -2.11. The van der Waals surface area contributed by atoms with Gasteiger partial charge in [-0.3, -0.25) is 4.79 Å². The highest BCUT2D eigenvalue weighted by Gasteiger charge is 2.29. The van der Waals surface area contributed by atoms with E-state index in [1.54, 1.807) is 0 Å².